The molecular formula is C14H23N4O7S+. The van der Waals surface area contributed by atoms with Crippen LogP contribution in [-0.4, -0.2) is 72.4 Å². The number of hydrogen-bond acceptors (Lipinski definition) is 7. The fraction of sp³-hybridized carbons (Fsp3) is 0.857. The molecule has 3 saturated heterocycles. The molecule has 0 aromatic heterocycles. The Bertz CT molecular complexity index is 719. The minimum Gasteiger partial charge on any atom is -0.364 e. The molecule has 0 aromatic rings. The van der Waals surface area contributed by atoms with Gasteiger partial charge in [-0.2, -0.15) is 13.3 Å². The summed E-state index contributed by atoms with van der Waals surface area (Å²) >= 11 is 0. The lowest BCUT2D eigenvalue weighted by molar-refractivity contribution is -1.06. The standard InChI is InChI=1S/C14H22N4O7S/c15-13(19)12-2-1-10-7-18(12,14(20)17(10)25-26(21,22)23)24-11-3-8-5-16-6-9(8)4-11/h8-12,16H,1-7H2,(H2-,15,19,21,22,23)/p+1/t8?,9?,10-,11?,12+,18?/m1/s1. The van der Waals surface area contributed by atoms with Crippen molar-refractivity contribution in [3.8, 4) is 0 Å². The van der Waals surface area contributed by atoms with E-state index in [4.69, 9.17) is 15.1 Å². The molecule has 5 atom stereocenters. The number of rotatable bonds is 5. The highest BCUT2D eigenvalue weighted by molar-refractivity contribution is 7.80. The molecule has 2 bridgehead atoms. The van der Waals surface area contributed by atoms with E-state index in [-0.39, 0.29) is 19.1 Å². The molecule has 1 aliphatic carbocycles. The van der Waals surface area contributed by atoms with Crippen molar-refractivity contribution in [1.29, 1.82) is 0 Å². The van der Waals surface area contributed by atoms with Crippen molar-refractivity contribution in [2.75, 3.05) is 19.6 Å². The quantitative estimate of drug-likeness (QED) is 0.396. The molecule has 0 spiro atoms. The molecule has 1 saturated carbocycles. The van der Waals surface area contributed by atoms with Crippen molar-refractivity contribution in [3.63, 3.8) is 0 Å². The van der Waals surface area contributed by atoms with Gasteiger partial charge in [0.25, 0.3) is 5.91 Å². The first-order valence-corrected chi connectivity index (χ1v) is 10.1. The van der Waals surface area contributed by atoms with E-state index < -0.39 is 39.1 Å². The molecule has 3 heterocycles. The highest BCUT2D eigenvalue weighted by atomic mass is 32.3. The van der Waals surface area contributed by atoms with Crippen molar-refractivity contribution in [2.24, 2.45) is 17.6 Å². The molecule has 0 radical (unpaired) electrons. The van der Waals surface area contributed by atoms with Crippen LogP contribution in [-0.2, 0) is 24.3 Å². The van der Waals surface area contributed by atoms with Crippen LogP contribution in [0.15, 0.2) is 0 Å². The van der Waals surface area contributed by atoms with Crippen LogP contribution in [0.25, 0.3) is 0 Å². The van der Waals surface area contributed by atoms with Crippen molar-refractivity contribution >= 4 is 22.3 Å². The van der Waals surface area contributed by atoms with Gasteiger partial charge in [0.15, 0.2) is 0 Å². The van der Waals surface area contributed by atoms with Crippen LogP contribution >= 0.6 is 0 Å². The predicted octanol–water partition coefficient (Wildman–Crippen LogP) is -1.08. The molecule has 26 heavy (non-hydrogen) atoms. The predicted molar refractivity (Wildman–Crippen MR) is 85.0 cm³/mol. The summed E-state index contributed by atoms with van der Waals surface area (Å²) in [5.41, 5.74) is 5.51. The number of amides is 3. The zero-order valence-corrected chi connectivity index (χ0v) is 14.9. The zero-order valence-electron chi connectivity index (χ0n) is 14.1. The number of piperidine rings is 1. The Morgan fingerprint density at radius 2 is 1.92 bits per heavy atom. The lowest BCUT2D eigenvalue weighted by atomic mass is 10.00. The van der Waals surface area contributed by atoms with Gasteiger partial charge in [-0.3, -0.25) is 9.35 Å². The molecule has 4 aliphatic rings. The van der Waals surface area contributed by atoms with E-state index in [1.165, 1.54) is 0 Å². The van der Waals surface area contributed by atoms with Crippen LogP contribution in [0.3, 0.4) is 0 Å². The van der Waals surface area contributed by atoms with E-state index in [1.807, 2.05) is 0 Å². The summed E-state index contributed by atoms with van der Waals surface area (Å²) in [5, 5.41) is 3.95. The Morgan fingerprint density at radius 3 is 2.50 bits per heavy atom. The third kappa shape index (κ3) is 2.90. The van der Waals surface area contributed by atoms with E-state index in [2.05, 4.69) is 9.60 Å². The Labute approximate surface area is 150 Å². The molecule has 12 heteroatoms. The van der Waals surface area contributed by atoms with Crippen molar-refractivity contribution in [2.45, 2.75) is 43.9 Å². The van der Waals surface area contributed by atoms with E-state index in [0.717, 1.165) is 25.9 Å². The van der Waals surface area contributed by atoms with Gasteiger partial charge in [-0.1, -0.05) is 4.65 Å². The molecule has 4 N–H and O–H groups in total. The van der Waals surface area contributed by atoms with Crippen LogP contribution in [0.5, 0.6) is 0 Å². The maximum Gasteiger partial charge on any atom is 0.477 e. The molecule has 0 aromatic carbocycles. The second-order valence-electron chi connectivity index (χ2n) is 7.62. The van der Waals surface area contributed by atoms with Gasteiger partial charge < -0.3 is 11.1 Å². The summed E-state index contributed by atoms with van der Waals surface area (Å²) in [6.45, 7) is 1.86. The molecular weight excluding hydrogens is 368 g/mol. The molecule has 4 fully saturated rings. The Hall–Kier alpha value is -1.31. The van der Waals surface area contributed by atoms with Crippen molar-refractivity contribution in [1.82, 2.24) is 10.4 Å². The van der Waals surface area contributed by atoms with Crippen LogP contribution < -0.4 is 11.1 Å². The number of fused-ring (bicyclic) bond motifs is 3. The Kier molecular flexibility index (Phi) is 4.24. The van der Waals surface area contributed by atoms with Crippen LogP contribution in [0, 0.1) is 11.8 Å². The maximum atomic E-state index is 13.0. The van der Waals surface area contributed by atoms with Gasteiger partial charge in [0.2, 0.25) is 6.04 Å². The highest BCUT2D eigenvalue weighted by Crippen LogP contribution is 2.43. The summed E-state index contributed by atoms with van der Waals surface area (Å²) < 4.78 is 35.0. The van der Waals surface area contributed by atoms with E-state index in [0.29, 0.717) is 23.3 Å². The number of quaternary nitrogens is 1. The van der Waals surface area contributed by atoms with Crippen LogP contribution in [0.4, 0.5) is 4.79 Å². The molecule has 11 nitrogen and oxygen atoms in total. The van der Waals surface area contributed by atoms with E-state index in [9.17, 15) is 18.0 Å². The van der Waals surface area contributed by atoms with Gasteiger partial charge in [-0.25, -0.2) is 4.79 Å². The fourth-order valence-electron chi connectivity index (χ4n) is 4.98. The van der Waals surface area contributed by atoms with Gasteiger partial charge in [-0.05, 0) is 44.2 Å². The third-order valence-electron chi connectivity index (χ3n) is 6.05. The third-order valence-corrected chi connectivity index (χ3v) is 6.40. The SMILES string of the molecule is NC(=O)[C@@H]1CC[C@@H]2C[N+]1(OC1CC3CNCC3C1)C(=O)N2OS(=O)(=O)O. The van der Waals surface area contributed by atoms with Crippen LogP contribution in [0.1, 0.15) is 25.7 Å². The van der Waals surface area contributed by atoms with E-state index in [1.54, 1.807) is 0 Å². The number of urea groups is 1. The molecule has 4 rings (SSSR count). The maximum absolute atomic E-state index is 13.0. The van der Waals surface area contributed by atoms with E-state index >= 15 is 0 Å². The topological polar surface area (TPSA) is 148 Å². The average molecular weight is 391 g/mol. The number of hydroxylamine groups is 5. The van der Waals surface area contributed by atoms with Gasteiger partial charge in [0.1, 0.15) is 18.7 Å². The van der Waals surface area contributed by atoms with Gasteiger partial charge in [0, 0.05) is 6.42 Å². The fourth-order valence-corrected chi connectivity index (χ4v) is 5.37. The number of carbonyl (C=O) groups is 2. The lowest BCUT2D eigenvalue weighted by Gasteiger charge is -2.37. The number of hydrogen-bond donors (Lipinski definition) is 3. The first kappa shape index (κ1) is 18.1. The molecule has 146 valence electrons. The highest BCUT2D eigenvalue weighted by Gasteiger charge is 2.66. The summed E-state index contributed by atoms with van der Waals surface area (Å²) in [6.07, 6.45) is 1.92. The summed E-state index contributed by atoms with van der Waals surface area (Å²) in [5.74, 6) is 0.257. The van der Waals surface area contributed by atoms with Crippen molar-refractivity contribution < 1.29 is 36.3 Å². The monoisotopic (exact) mass is 391 g/mol. The number of carbonyl (C=O) groups excluding carboxylic acids is 2. The summed E-state index contributed by atoms with van der Waals surface area (Å²) in [4.78, 5) is 31.1. The number of primary amides is 1. The van der Waals surface area contributed by atoms with Crippen molar-refractivity contribution in [3.05, 3.63) is 0 Å². The van der Waals surface area contributed by atoms with Crippen LogP contribution in [0.2, 0.25) is 0 Å². The zero-order chi connectivity index (χ0) is 18.7. The number of nitrogens with one attached hydrogen (secondary N) is 1. The first-order chi connectivity index (χ1) is 12.2. The Morgan fingerprint density at radius 1 is 1.27 bits per heavy atom. The average Bonchev–Trinajstić information content (AvgIpc) is 3.15. The molecule has 3 unspecified atom stereocenters. The second-order valence-corrected chi connectivity index (χ2v) is 8.62. The minimum atomic E-state index is -4.87. The smallest absolute Gasteiger partial charge is 0.364 e. The largest absolute Gasteiger partial charge is 0.477 e. The minimum absolute atomic E-state index is 0.0616. The summed E-state index contributed by atoms with van der Waals surface area (Å²) in [6, 6.07) is -2.33. The molecule has 3 amide bonds. The second kappa shape index (κ2) is 6.11. The normalized spacial score (nSPS) is 42.3. The van der Waals surface area contributed by atoms with Gasteiger partial charge in [0.05, 0.1) is 0 Å². The molecule has 3 aliphatic heterocycles. The lowest BCUT2D eigenvalue weighted by Crippen LogP contribution is -2.64. The number of nitrogens with two attached hydrogens (primary N) is 1. The van der Waals surface area contributed by atoms with Gasteiger partial charge in [-0.15, -0.1) is 9.35 Å². The Balaban J connectivity index is 1.61. The first-order valence-electron chi connectivity index (χ1n) is 8.76. The van der Waals surface area contributed by atoms with Gasteiger partial charge >= 0.3 is 16.4 Å². The summed E-state index contributed by atoms with van der Waals surface area (Å²) in [7, 11) is -4.87. The number of nitrogens with zero attached hydrogens (tertiary/aromatic N) is 2.